The number of phenols is 1. The van der Waals surface area contributed by atoms with Crippen LogP contribution in [0.15, 0.2) is 24.3 Å². The molecule has 2 rings (SSSR count). The third-order valence-corrected chi connectivity index (χ3v) is 3.94. The van der Waals surface area contributed by atoms with E-state index in [1.54, 1.807) is 18.2 Å². The van der Waals surface area contributed by atoms with Crippen LogP contribution in [-0.4, -0.2) is 15.6 Å². The number of primary amides is 1. The van der Waals surface area contributed by atoms with Crippen LogP contribution in [0, 0.1) is 6.92 Å². The Morgan fingerprint density at radius 3 is 2.55 bits per heavy atom. The second-order valence-electron chi connectivity index (χ2n) is 5.91. The van der Waals surface area contributed by atoms with Gasteiger partial charge in [0.05, 0.1) is 5.56 Å². The monoisotopic (exact) mass is 300 g/mol. The first-order valence-corrected chi connectivity index (χ1v) is 7.71. The number of amides is 1. The molecule has 1 amide bonds. The molecule has 3 N–H and O–H groups in total. The van der Waals surface area contributed by atoms with Crippen LogP contribution in [0.1, 0.15) is 55.0 Å². The van der Waals surface area contributed by atoms with Gasteiger partial charge in [-0.25, -0.2) is 0 Å². The molecular formula is C18H24N2O2. The summed E-state index contributed by atoms with van der Waals surface area (Å²) in [5, 5.41) is 9.79. The molecule has 0 atom stereocenters. The first kappa shape index (κ1) is 16.1. The highest BCUT2D eigenvalue weighted by Gasteiger charge is 2.25. The van der Waals surface area contributed by atoms with E-state index in [9.17, 15) is 9.90 Å². The fourth-order valence-electron chi connectivity index (χ4n) is 3.22. The SMILES string of the molecule is CCCc1c(-c2cccc(O)c2)c(C(N)=O)c(C)n1C(C)C. The van der Waals surface area contributed by atoms with E-state index in [-0.39, 0.29) is 11.8 Å². The predicted molar refractivity (Wildman–Crippen MR) is 89.2 cm³/mol. The predicted octanol–water partition coefficient (Wildman–Crippen LogP) is 3.80. The van der Waals surface area contributed by atoms with Crippen molar-refractivity contribution in [2.75, 3.05) is 0 Å². The number of carbonyl (C=O) groups is 1. The Labute approximate surface area is 131 Å². The average molecular weight is 300 g/mol. The van der Waals surface area contributed by atoms with Crippen molar-refractivity contribution in [3.8, 4) is 16.9 Å². The number of aromatic hydroxyl groups is 1. The lowest BCUT2D eigenvalue weighted by molar-refractivity contribution is 0.1000. The third kappa shape index (κ3) is 2.73. The van der Waals surface area contributed by atoms with Crippen LogP contribution in [0.4, 0.5) is 0 Å². The van der Waals surface area contributed by atoms with Crippen LogP contribution in [0.3, 0.4) is 0 Å². The highest BCUT2D eigenvalue weighted by Crippen LogP contribution is 2.36. The van der Waals surface area contributed by atoms with Gasteiger partial charge in [-0.1, -0.05) is 25.5 Å². The summed E-state index contributed by atoms with van der Waals surface area (Å²) in [4.78, 5) is 12.0. The second kappa shape index (κ2) is 6.26. The number of nitrogens with zero attached hydrogens (tertiary/aromatic N) is 1. The van der Waals surface area contributed by atoms with Crippen molar-refractivity contribution in [3.05, 3.63) is 41.2 Å². The van der Waals surface area contributed by atoms with Crippen LogP contribution in [0.5, 0.6) is 5.75 Å². The fourth-order valence-corrected chi connectivity index (χ4v) is 3.22. The first-order chi connectivity index (χ1) is 10.4. The Morgan fingerprint density at radius 2 is 2.05 bits per heavy atom. The molecule has 0 unspecified atom stereocenters. The molecule has 4 nitrogen and oxygen atoms in total. The standard InChI is InChI=1S/C18H24N2O2/c1-5-7-15-17(13-8-6-9-14(21)10-13)16(18(19)22)12(4)20(15)11(2)3/h6,8-11,21H,5,7H2,1-4H3,(H2,19,22). The van der Waals surface area contributed by atoms with Gasteiger partial charge in [0.2, 0.25) is 0 Å². The van der Waals surface area contributed by atoms with Crippen LogP contribution in [-0.2, 0) is 6.42 Å². The normalized spacial score (nSPS) is 11.1. The van der Waals surface area contributed by atoms with Gasteiger partial charge < -0.3 is 15.4 Å². The van der Waals surface area contributed by atoms with E-state index in [0.717, 1.165) is 35.4 Å². The quantitative estimate of drug-likeness (QED) is 0.881. The van der Waals surface area contributed by atoms with Gasteiger partial charge in [0.25, 0.3) is 5.91 Å². The molecule has 22 heavy (non-hydrogen) atoms. The van der Waals surface area contributed by atoms with Gasteiger partial charge in [-0.15, -0.1) is 0 Å². The van der Waals surface area contributed by atoms with Gasteiger partial charge in [-0.05, 0) is 44.9 Å². The molecule has 0 radical (unpaired) electrons. The molecule has 1 heterocycles. The lowest BCUT2D eigenvalue weighted by Crippen LogP contribution is -2.14. The summed E-state index contributed by atoms with van der Waals surface area (Å²) in [5.41, 5.74) is 9.90. The summed E-state index contributed by atoms with van der Waals surface area (Å²) in [6.07, 6.45) is 1.83. The zero-order chi connectivity index (χ0) is 16.4. The van der Waals surface area contributed by atoms with Crippen molar-refractivity contribution < 1.29 is 9.90 Å². The Kier molecular flexibility index (Phi) is 4.59. The molecule has 0 aliphatic carbocycles. The van der Waals surface area contributed by atoms with E-state index in [1.807, 2.05) is 13.0 Å². The van der Waals surface area contributed by atoms with Crippen molar-refractivity contribution in [2.24, 2.45) is 5.73 Å². The van der Waals surface area contributed by atoms with Gasteiger partial charge in [0, 0.05) is 23.0 Å². The topological polar surface area (TPSA) is 68.2 Å². The van der Waals surface area contributed by atoms with Gasteiger partial charge in [-0.3, -0.25) is 4.79 Å². The zero-order valence-corrected chi connectivity index (χ0v) is 13.7. The maximum Gasteiger partial charge on any atom is 0.251 e. The van der Waals surface area contributed by atoms with E-state index in [1.165, 1.54) is 0 Å². The van der Waals surface area contributed by atoms with Crippen molar-refractivity contribution in [3.63, 3.8) is 0 Å². The van der Waals surface area contributed by atoms with E-state index < -0.39 is 5.91 Å². The van der Waals surface area contributed by atoms with E-state index in [4.69, 9.17) is 5.73 Å². The van der Waals surface area contributed by atoms with Gasteiger partial charge in [-0.2, -0.15) is 0 Å². The number of aromatic nitrogens is 1. The number of nitrogens with two attached hydrogens (primary N) is 1. The number of hydrogen-bond acceptors (Lipinski definition) is 2. The summed E-state index contributed by atoms with van der Waals surface area (Å²) >= 11 is 0. The molecule has 0 aliphatic rings. The largest absolute Gasteiger partial charge is 0.508 e. The molecular weight excluding hydrogens is 276 g/mol. The van der Waals surface area contributed by atoms with E-state index in [0.29, 0.717) is 5.56 Å². The number of carbonyl (C=O) groups excluding carboxylic acids is 1. The molecule has 1 aromatic heterocycles. The van der Waals surface area contributed by atoms with Crippen LogP contribution < -0.4 is 5.73 Å². The van der Waals surface area contributed by atoms with E-state index >= 15 is 0 Å². The minimum Gasteiger partial charge on any atom is -0.508 e. The van der Waals surface area contributed by atoms with Crippen LogP contribution >= 0.6 is 0 Å². The molecule has 0 fully saturated rings. The molecule has 0 bridgehead atoms. The molecule has 2 aromatic rings. The molecule has 1 aromatic carbocycles. The van der Waals surface area contributed by atoms with Crippen molar-refractivity contribution in [1.29, 1.82) is 0 Å². The Morgan fingerprint density at radius 1 is 1.36 bits per heavy atom. The Balaban J connectivity index is 2.85. The molecule has 0 saturated carbocycles. The summed E-state index contributed by atoms with van der Waals surface area (Å²) in [6, 6.07) is 7.24. The number of rotatable bonds is 5. The summed E-state index contributed by atoms with van der Waals surface area (Å²) < 4.78 is 2.18. The van der Waals surface area contributed by atoms with E-state index in [2.05, 4.69) is 25.3 Å². The molecule has 0 spiro atoms. The maximum absolute atomic E-state index is 12.0. The maximum atomic E-state index is 12.0. The van der Waals surface area contributed by atoms with Gasteiger partial charge in [0.1, 0.15) is 5.75 Å². The smallest absolute Gasteiger partial charge is 0.251 e. The number of phenolic OH excluding ortho intramolecular Hbond substituents is 1. The number of hydrogen-bond donors (Lipinski definition) is 2. The van der Waals surface area contributed by atoms with Crippen LogP contribution in [0.25, 0.3) is 11.1 Å². The zero-order valence-electron chi connectivity index (χ0n) is 13.7. The molecule has 118 valence electrons. The summed E-state index contributed by atoms with van der Waals surface area (Å²) in [6.45, 7) is 8.25. The highest BCUT2D eigenvalue weighted by molar-refractivity contribution is 6.02. The molecule has 4 heteroatoms. The Bertz CT molecular complexity index is 699. The summed E-state index contributed by atoms with van der Waals surface area (Å²) in [5.74, 6) is -0.238. The lowest BCUT2D eigenvalue weighted by atomic mass is 9.98. The molecule has 0 aliphatic heterocycles. The van der Waals surface area contributed by atoms with Gasteiger partial charge in [0.15, 0.2) is 0 Å². The highest BCUT2D eigenvalue weighted by atomic mass is 16.3. The van der Waals surface area contributed by atoms with Crippen LogP contribution in [0.2, 0.25) is 0 Å². The average Bonchev–Trinajstić information content (AvgIpc) is 2.72. The van der Waals surface area contributed by atoms with Crippen molar-refractivity contribution in [2.45, 2.75) is 46.6 Å². The fraction of sp³-hybridized carbons (Fsp3) is 0.389. The molecule has 0 saturated heterocycles. The van der Waals surface area contributed by atoms with Crippen molar-refractivity contribution >= 4 is 5.91 Å². The lowest BCUT2D eigenvalue weighted by Gasteiger charge is -2.16. The minimum absolute atomic E-state index is 0.185. The van der Waals surface area contributed by atoms with Crippen molar-refractivity contribution in [1.82, 2.24) is 4.57 Å². The Hall–Kier alpha value is -2.23. The number of benzene rings is 1. The first-order valence-electron chi connectivity index (χ1n) is 7.71. The second-order valence-corrected chi connectivity index (χ2v) is 5.91. The third-order valence-electron chi connectivity index (χ3n) is 3.94. The minimum atomic E-state index is -0.424. The van der Waals surface area contributed by atoms with Gasteiger partial charge >= 0.3 is 0 Å². The summed E-state index contributed by atoms with van der Waals surface area (Å²) in [7, 11) is 0.